The molecule has 0 saturated carbocycles. The van der Waals surface area contributed by atoms with Gasteiger partial charge in [-0.25, -0.2) is 4.79 Å². The molecule has 1 aliphatic heterocycles. The number of hydrogen-bond donors (Lipinski definition) is 0. The number of benzene rings is 1. The summed E-state index contributed by atoms with van der Waals surface area (Å²) >= 11 is 0. The zero-order chi connectivity index (χ0) is 14.7. The van der Waals surface area contributed by atoms with Gasteiger partial charge < -0.3 is 9.64 Å². The summed E-state index contributed by atoms with van der Waals surface area (Å²) in [5.74, 6) is -0.113. The summed E-state index contributed by atoms with van der Waals surface area (Å²) in [6.07, 6.45) is 4.85. The molecule has 1 aromatic heterocycles. The number of nitrogens with zero attached hydrogens (tertiary/aromatic N) is 2. The fraction of sp³-hybridized carbons (Fsp3) is 0.412. The molecule has 0 aliphatic carbocycles. The highest BCUT2D eigenvalue weighted by molar-refractivity contribution is 5.93. The topological polar surface area (TPSA) is 42.4 Å². The van der Waals surface area contributed by atoms with Crippen LogP contribution in [0.25, 0.3) is 10.9 Å². The minimum Gasteiger partial charge on any atom is -0.464 e. The molecule has 0 bridgehead atoms. The van der Waals surface area contributed by atoms with Crippen LogP contribution in [0.15, 0.2) is 36.5 Å². The van der Waals surface area contributed by atoms with Crippen molar-refractivity contribution in [1.29, 1.82) is 0 Å². The van der Waals surface area contributed by atoms with Gasteiger partial charge in [-0.2, -0.15) is 0 Å². The third-order valence-corrected chi connectivity index (χ3v) is 4.00. The van der Waals surface area contributed by atoms with E-state index in [1.807, 2.05) is 37.4 Å². The Hall–Kier alpha value is -2.10. The minimum atomic E-state index is -0.176. The van der Waals surface area contributed by atoms with Gasteiger partial charge in [-0.3, -0.25) is 4.98 Å². The molecule has 0 amide bonds. The Kier molecular flexibility index (Phi) is 4.04. The second-order valence-electron chi connectivity index (χ2n) is 5.30. The van der Waals surface area contributed by atoms with E-state index < -0.39 is 0 Å². The zero-order valence-corrected chi connectivity index (χ0v) is 12.3. The van der Waals surface area contributed by atoms with Crippen LogP contribution in [0.2, 0.25) is 0 Å². The normalized spacial score (nSPS) is 18.7. The Morgan fingerprint density at radius 3 is 3.05 bits per heavy atom. The highest BCUT2D eigenvalue weighted by Gasteiger charge is 2.30. The van der Waals surface area contributed by atoms with Crippen molar-refractivity contribution < 1.29 is 9.53 Å². The number of para-hydroxylation sites is 1. The van der Waals surface area contributed by atoms with Gasteiger partial charge in [0.1, 0.15) is 6.04 Å². The average Bonchev–Trinajstić information content (AvgIpc) is 2.54. The summed E-state index contributed by atoms with van der Waals surface area (Å²) < 4.78 is 5.25. The van der Waals surface area contributed by atoms with Gasteiger partial charge in [-0.15, -0.1) is 0 Å². The van der Waals surface area contributed by atoms with Crippen molar-refractivity contribution in [3.8, 4) is 0 Å². The fourth-order valence-electron chi connectivity index (χ4n) is 3.03. The number of carbonyl (C=O) groups is 1. The minimum absolute atomic E-state index is 0.113. The molecule has 0 N–H and O–H groups in total. The number of pyridine rings is 1. The van der Waals surface area contributed by atoms with E-state index in [1.165, 1.54) is 0 Å². The second-order valence-corrected chi connectivity index (χ2v) is 5.30. The Morgan fingerprint density at radius 1 is 1.33 bits per heavy atom. The predicted molar refractivity (Wildman–Crippen MR) is 83.4 cm³/mol. The van der Waals surface area contributed by atoms with Crippen LogP contribution in [0, 0.1) is 0 Å². The molecule has 2 heterocycles. The number of esters is 1. The van der Waals surface area contributed by atoms with Crippen molar-refractivity contribution in [2.75, 3.05) is 18.1 Å². The monoisotopic (exact) mass is 284 g/mol. The van der Waals surface area contributed by atoms with Crippen LogP contribution in [0.1, 0.15) is 26.2 Å². The van der Waals surface area contributed by atoms with Crippen molar-refractivity contribution in [3.05, 3.63) is 36.5 Å². The summed E-state index contributed by atoms with van der Waals surface area (Å²) in [7, 11) is 0. The SMILES string of the molecule is CCOC(=O)C1CCCCN1c1ccnc2ccccc12. The van der Waals surface area contributed by atoms with E-state index in [0.717, 1.165) is 42.4 Å². The van der Waals surface area contributed by atoms with Crippen LogP contribution in [0.3, 0.4) is 0 Å². The molecular formula is C17H20N2O2. The molecule has 1 unspecified atom stereocenters. The van der Waals surface area contributed by atoms with E-state index in [4.69, 9.17) is 4.74 Å². The fourth-order valence-corrected chi connectivity index (χ4v) is 3.03. The van der Waals surface area contributed by atoms with Gasteiger partial charge in [0.2, 0.25) is 0 Å². The molecule has 1 aliphatic rings. The molecule has 1 atom stereocenters. The van der Waals surface area contributed by atoms with Crippen LogP contribution in [0.4, 0.5) is 5.69 Å². The molecule has 1 aromatic carbocycles. The van der Waals surface area contributed by atoms with Crippen molar-refractivity contribution in [2.45, 2.75) is 32.2 Å². The van der Waals surface area contributed by atoms with Gasteiger partial charge in [0.25, 0.3) is 0 Å². The van der Waals surface area contributed by atoms with Crippen molar-refractivity contribution >= 4 is 22.6 Å². The van der Waals surface area contributed by atoms with E-state index in [2.05, 4.69) is 16.0 Å². The molecule has 1 saturated heterocycles. The molecule has 0 spiro atoms. The van der Waals surface area contributed by atoms with Crippen molar-refractivity contribution in [1.82, 2.24) is 4.98 Å². The standard InChI is InChI=1S/C17H20N2O2/c1-2-21-17(20)16-9-5-6-12-19(16)15-10-11-18-14-8-4-3-7-13(14)15/h3-4,7-8,10-11,16H,2,5-6,9,12H2,1H3. The molecule has 3 rings (SSSR count). The van der Waals surface area contributed by atoms with Crippen LogP contribution in [0.5, 0.6) is 0 Å². The van der Waals surface area contributed by atoms with E-state index in [-0.39, 0.29) is 12.0 Å². The predicted octanol–water partition coefficient (Wildman–Crippen LogP) is 3.16. The third-order valence-electron chi connectivity index (χ3n) is 4.00. The Balaban J connectivity index is 2.00. The first-order valence-corrected chi connectivity index (χ1v) is 7.58. The van der Waals surface area contributed by atoms with Crippen molar-refractivity contribution in [2.24, 2.45) is 0 Å². The molecule has 110 valence electrons. The Bertz CT molecular complexity index is 636. The van der Waals surface area contributed by atoms with Gasteiger partial charge in [0, 0.05) is 23.8 Å². The molecule has 2 aromatic rings. The number of carbonyl (C=O) groups excluding carboxylic acids is 1. The molecular weight excluding hydrogens is 264 g/mol. The summed E-state index contributed by atoms with van der Waals surface area (Å²) in [4.78, 5) is 18.8. The average molecular weight is 284 g/mol. The number of aromatic nitrogens is 1. The molecule has 4 nitrogen and oxygen atoms in total. The summed E-state index contributed by atoms with van der Waals surface area (Å²) in [5.41, 5.74) is 2.04. The number of anilines is 1. The van der Waals surface area contributed by atoms with E-state index >= 15 is 0 Å². The zero-order valence-electron chi connectivity index (χ0n) is 12.3. The lowest BCUT2D eigenvalue weighted by Gasteiger charge is -2.36. The van der Waals surface area contributed by atoms with E-state index in [0.29, 0.717) is 6.61 Å². The molecule has 21 heavy (non-hydrogen) atoms. The highest BCUT2D eigenvalue weighted by Crippen LogP contribution is 2.31. The first-order valence-electron chi connectivity index (χ1n) is 7.58. The Labute approximate surface area is 124 Å². The first-order chi connectivity index (χ1) is 10.3. The summed E-state index contributed by atoms with van der Waals surface area (Å²) in [6, 6.07) is 9.88. The van der Waals surface area contributed by atoms with E-state index in [9.17, 15) is 4.79 Å². The lowest BCUT2D eigenvalue weighted by atomic mass is 10.00. The molecule has 0 radical (unpaired) electrons. The lowest BCUT2D eigenvalue weighted by molar-refractivity contribution is -0.145. The van der Waals surface area contributed by atoms with Gasteiger partial charge >= 0.3 is 5.97 Å². The molecule has 4 heteroatoms. The third kappa shape index (κ3) is 2.71. The quantitative estimate of drug-likeness (QED) is 0.812. The van der Waals surface area contributed by atoms with Crippen LogP contribution >= 0.6 is 0 Å². The number of ether oxygens (including phenoxy) is 1. The second kappa shape index (κ2) is 6.12. The van der Waals surface area contributed by atoms with Gasteiger partial charge in [0.15, 0.2) is 0 Å². The maximum absolute atomic E-state index is 12.2. The highest BCUT2D eigenvalue weighted by atomic mass is 16.5. The van der Waals surface area contributed by atoms with Crippen molar-refractivity contribution in [3.63, 3.8) is 0 Å². The Morgan fingerprint density at radius 2 is 2.19 bits per heavy atom. The molecule has 1 fully saturated rings. The first kappa shape index (κ1) is 13.9. The summed E-state index contributed by atoms with van der Waals surface area (Å²) in [6.45, 7) is 3.17. The number of piperidine rings is 1. The number of rotatable bonds is 3. The van der Waals surface area contributed by atoms with Crippen LogP contribution in [-0.2, 0) is 9.53 Å². The number of hydrogen-bond acceptors (Lipinski definition) is 4. The maximum atomic E-state index is 12.2. The van der Waals surface area contributed by atoms with Crippen LogP contribution < -0.4 is 4.90 Å². The largest absolute Gasteiger partial charge is 0.464 e. The van der Waals surface area contributed by atoms with Crippen LogP contribution in [-0.4, -0.2) is 30.1 Å². The van der Waals surface area contributed by atoms with Gasteiger partial charge in [0.05, 0.1) is 12.1 Å². The van der Waals surface area contributed by atoms with Gasteiger partial charge in [-0.1, -0.05) is 18.2 Å². The summed E-state index contributed by atoms with van der Waals surface area (Å²) in [5, 5.41) is 1.09. The number of fused-ring (bicyclic) bond motifs is 1. The van der Waals surface area contributed by atoms with E-state index in [1.54, 1.807) is 0 Å². The van der Waals surface area contributed by atoms with Gasteiger partial charge in [-0.05, 0) is 38.3 Å². The smallest absolute Gasteiger partial charge is 0.328 e. The maximum Gasteiger partial charge on any atom is 0.328 e. The lowest BCUT2D eigenvalue weighted by Crippen LogP contribution is -2.45.